The Morgan fingerprint density at radius 3 is 2.25 bits per heavy atom. The van der Waals surface area contributed by atoms with Crippen molar-refractivity contribution in [1.82, 2.24) is 10.2 Å². The van der Waals surface area contributed by atoms with Gasteiger partial charge in [0.15, 0.2) is 5.78 Å². The summed E-state index contributed by atoms with van der Waals surface area (Å²) in [5.41, 5.74) is -1.02. The van der Waals surface area contributed by atoms with Crippen molar-refractivity contribution in [3.63, 3.8) is 0 Å². The molecule has 2 amide bonds. The normalized spacial score (nSPS) is 23.5. The second-order valence-corrected chi connectivity index (χ2v) is 5.90. The molecule has 24 heavy (non-hydrogen) atoms. The maximum atomic E-state index is 12.3. The van der Waals surface area contributed by atoms with E-state index in [2.05, 4.69) is 5.32 Å². The van der Waals surface area contributed by atoms with Crippen molar-refractivity contribution in [3.05, 3.63) is 35.9 Å². The largest absolute Gasteiger partial charge is 1.00 e. The van der Waals surface area contributed by atoms with Crippen LogP contribution in [0.5, 0.6) is 0 Å². The number of aliphatic carboxylic acids is 1. The summed E-state index contributed by atoms with van der Waals surface area (Å²) in [5.74, 6) is -2.76. The molecule has 2 aliphatic rings. The Morgan fingerprint density at radius 1 is 1.21 bits per heavy atom. The fourth-order valence-corrected chi connectivity index (χ4v) is 3.00. The smallest absolute Gasteiger partial charge is 0.548 e. The Balaban J connectivity index is 0.00000208. The van der Waals surface area contributed by atoms with Gasteiger partial charge in [0.1, 0.15) is 12.1 Å². The molecule has 3 rings (SSSR count). The molecule has 120 valence electrons. The molecule has 1 saturated carbocycles. The van der Waals surface area contributed by atoms with Gasteiger partial charge in [-0.1, -0.05) is 18.2 Å². The van der Waals surface area contributed by atoms with Crippen LogP contribution in [0.25, 0.3) is 0 Å². The minimum Gasteiger partial charge on any atom is -0.548 e. The molecule has 0 radical (unpaired) electrons. The van der Waals surface area contributed by atoms with Crippen molar-refractivity contribution < 1.29 is 75.7 Å². The van der Waals surface area contributed by atoms with Crippen LogP contribution in [0.1, 0.15) is 30.1 Å². The van der Waals surface area contributed by atoms with Crippen molar-refractivity contribution in [2.24, 2.45) is 0 Å². The Hall–Kier alpha value is -1.06. The van der Waals surface area contributed by atoms with Gasteiger partial charge in [0.25, 0.3) is 5.91 Å². The zero-order valence-corrected chi connectivity index (χ0v) is 16.6. The van der Waals surface area contributed by atoms with Crippen molar-refractivity contribution in [2.45, 2.75) is 37.4 Å². The van der Waals surface area contributed by atoms with Gasteiger partial charge in [0.2, 0.25) is 5.91 Å². The molecule has 2 fully saturated rings. The number of nitrogens with zero attached hydrogens (tertiary/aromatic N) is 1. The van der Waals surface area contributed by atoms with Gasteiger partial charge >= 0.3 is 51.4 Å². The minimum absolute atomic E-state index is 0. The Kier molecular flexibility index (Phi) is 5.66. The number of carboxylic acids is 1. The molecule has 1 aliphatic heterocycles. The van der Waals surface area contributed by atoms with E-state index in [0.29, 0.717) is 5.56 Å². The minimum atomic E-state index is -1.39. The zero-order chi connectivity index (χ0) is 16.8. The van der Waals surface area contributed by atoms with Crippen LogP contribution in [-0.2, 0) is 14.4 Å². The number of carbonyl (C=O) groups is 4. The van der Waals surface area contributed by atoms with Crippen molar-refractivity contribution >= 4 is 23.6 Å². The number of nitrogens with one attached hydrogen (secondary N) is 1. The number of Topliss-reactive ketones (excluding diaryl/α,β-unsaturated/α-hetero) is 1. The molecular formula is C16H15KN2O5. The number of likely N-dealkylation sites (tertiary alicyclic amines) is 1. The van der Waals surface area contributed by atoms with E-state index in [9.17, 15) is 24.3 Å². The van der Waals surface area contributed by atoms with Crippen molar-refractivity contribution in [2.75, 3.05) is 0 Å². The second-order valence-electron chi connectivity index (χ2n) is 5.90. The van der Waals surface area contributed by atoms with Gasteiger partial charge in [-0.2, -0.15) is 0 Å². The molecule has 0 unspecified atom stereocenters. The quantitative estimate of drug-likeness (QED) is 0.427. The molecule has 1 aliphatic carbocycles. The fraction of sp³-hybridized carbons (Fsp3) is 0.375. The molecule has 0 aromatic heterocycles. The summed E-state index contributed by atoms with van der Waals surface area (Å²) in [6.45, 7) is 1.27. The van der Waals surface area contributed by atoms with Gasteiger partial charge in [-0.3, -0.25) is 14.4 Å². The van der Waals surface area contributed by atoms with Crippen LogP contribution in [0.4, 0.5) is 0 Å². The van der Waals surface area contributed by atoms with Crippen LogP contribution >= 0.6 is 0 Å². The molecule has 1 aromatic carbocycles. The maximum absolute atomic E-state index is 12.3. The molecule has 2 atom stereocenters. The molecule has 1 N–H and O–H groups in total. The van der Waals surface area contributed by atoms with Crippen LogP contribution in [0.2, 0.25) is 0 Å². The Morgan fingerprint density at radius 2 is 1.79 bits per heavy atom. The first-order valence-electron chi connectivity index (χ1n) is 7.29. The Bertz CT molecular complexity index is 702. The summed E-state index contributed by atoms with van der Waals surface area (Å²) < 4.78 is 0. The predicted molar refractivity (Wildman–Crippen MR) is 76.0 cm³/mol. The zero-order valence-electron chi connectivity index (χ0n) is 13.4. The number of carbonyl (C=O) groups excluding carboxylic acids is 4. The molecule has 1 heterocycles. The average molecular weight is 354 g/mol. The summed E-state index contributed by atoms with van der Waals surface area (Å²) in [4.78, 5) is 48.6. The number of ketones is 1. The van der Waals surface area contributed by atoms with E-state index in [4.69, 9.17) is 0 Å². The van der Waals surface area contributed by atoms with Crippen molar-refractivity contribution in [1.29, 1.82) is 0 Å². The molecule has 1 aromatic rings. The standard InChI is InChI=1S/C16H16N2O5.K/c1-9(19)12-11(17-13(20)10-5-3-2-4-6-10)14(21)18(12)16(7-8-16)15(22)23;/h2-6,11-12H,7-8H2,1H3,(H,17,20)(H,22,23);/q;+1/p-1/t11-,12+;/m0./s1. The predicted octanol–water partition coefficient (Wildman–Crippen LogP) is -4.13. The van der Waals surface area contributed by atoms with E-state index in [-0.39, 0.29) is 70.0 Å². The molecular weight excluding hydrogens is 339 g/mol. The third-order valence-electron chi connectivity index (χ3n) is 4.40. The summed E-state index contributed by atoms with van der Waals surface area (Å²) in [7, 11) is 0. The topological polar surface area (TPSA) is 107 Å². The first kappa shape index (κ1) is 19.3. The molecule has 8 heteroatoms. The van der Waals surface area contributed by atoms with E-state index in [1.165, 1.54) is 6.92 Å². The first-order valence-corrected chi connectivity index (χ1v) is 7.29. The third-order valence-corrected chi connectivity index (χ3v) is 4.40. The van der Waals surface area contributed by atoms with Gasteiger partial charge in [0, 0.05) is 5.56 Å². The van der Waals surface area contributed by atoms with E-state index >= 15 is 0 Å². The summed E-state index contributed by atoms with van der Waals surface area (Å²) >= 11 is 0. The second kappa shape index (κ2) is 7.05. The third kappa shape index (κ3) is 3.08. The van der Waals surface area contributed by atoms with Crippen LogP contribution in [-0.4, -0.2) is 46.1 Å². The number of β-lactam (4-membered cyclic amide) rings is 1. The van der Waals surface area contributed by atoms with Gasteiger partial charge in [-0.15, -0.1) is 0 Å². The van der Waals surface area contributed by atoms with E-state index in [1.54, 1.807) is 30.3 Å². The number of amides is 2. The van der Waals surface area contributed by atoms with Gasteiger partial charge < -0.3 is 20.1 Å². The van der Waals surface area contributed by atoms with Crippen LogP contribution < -0.4 is 61.8 Å². The number of hydrogen-bond acceptors (Lipinski definition) is 5. The Labute approximate surface area is 181 Å². The molecule has 0 spiro atoms. The first-order chi connectivity index (χ1) is 10.9. The molecule has 0 bridgehead atoms. The average Bonchev–Trinajstić information content (AvgIpc) is 3.31. The van der Waals surface area contributed by atoms with Crippen LogP contribution in [0.15, 0.2) is 30.3 Å². The maximum Gasteiger partial charge on any atom is 1.00 e. The monoisotopic (exact) mass is 354 g/mol. The summed E-state index contributed by atoms with van der Waals surface area (Å²) in [5, 5.41) is 13.8. The van der Waals surface area contributed by atoms with Crippen LogP contribution in [0, 0.1) is 0 Å². The van der Waals surface area contributed by atoms with Gasteiger partial charge in [0.05, 0.1) is 11.5 Å². The van der Waals surface area contributed by atoms with Gasteiger partial charge in [-0.25, -0.2) is 0 Å². The van der Waals surface area contributed by atoms with Crippen molar-refractivity contribution in [3.8, 4) is 0 Å². The summed E-state index contributed by atoms with van der Waals surface area (Å²) in [6.07, 6.45) is 0.536. The number of rotatable bonds is 5. The molecule has 1 saturated heterocycles. The van der Waals surface area contributed by atoms with Crippen LogP contribution in [0.3, 0.4) is 0 Å². The van der Waals surface area contributed by atoms with Gasteiger partial charge in [-0.05, 0) is 31.9 Å². The fourth-order valence-electron chi connectivity index (χ4n) is 3.00. The number of benzene rings is 1. The number of hydrogen-bond donors (Lipinski definition) is 1. The van der Waals surface area contributed by atoms with E-state index in [1.807, 2.05) is 0 Å². The van der Waals surface area contributed by atoms with E-state index < -0.39 is 35.4 Å². The molecule has 7 nitrogen and oxygen atoms in total. The summed E-state index contributed by atoms with van der Waals surface area (Å²) in [6, 6.07) is 6.30. The SMILES string of the molecule is CC(=O)[C@@H]1[C@H](NC(=O)c2ccccc2)C(=O)N1C1(C(=O)[O-])CC1.[K+]. The number of carboxylic acid groups (broad SMARTS) is 1. The van der Waals surface area contributed by atoms with E-state index in [0.717, 1.165) is 4.90 Å².